The van der Waals surface area contributed by atoms with Crippen molar-refractivity contribution in [3.05, 3.63) is 29.6 Å². The van der Waals surface area contributed by atoms with Crippen LogP contribution in [0.1, 0.15) is 24.8 Å². The summed E-state index contributed by atoms with van der Waals surface area (Å²) in [7, 11) is 0. The second-order valence-electron chi connectivity index (χ2n) is 5.29. The molecule has 4 nitrogen and oxygen atoms in total. The molecule has 106 valence electrons. The third kappa shape index (κ3) is 2.49. The van der Waals surface area contributed by atoms with E-state index in [9.17, 15) is 4.39 Å². The summed E-state index contributed by atoms with van der Waals surface area (Å²) < 4.78 is 30.6. The molecule has 2 aliphatic rings. The van der Waals surface area contributed by atoms with Gasteiger partial charge in [-0.05, 0) is 12.1 Å². The van der Waals surface area contributed by atoms with Crippen LogP contribution in [-0.4, -0.2) is 31.5 Å². The lowest BCUT2D eigenvalue weighted by Gasteiger charge is -2.37. The molecule has 1 aromatic rings. The van der Waals surface area contributed by atoms with Crippen molar-refractivity contribution < 1.29 is 18.6 Å². The Morgan fingerprint density at radius 1 is 1.40 bits per heavy atom. The molecule has 0 N–H and O–H groups in total. The minimum absolute atomic E-state index is 0.0317. The molecule has 1 aromatic carbocycles. The van der Waals surface area contributed by atoms with Gasteiger partial charge in [0, 0.05) is 25.9 Å². The smallest absolute Gasteiger partial charge is 0.144 e. The van der Waals surface area contributed by atoms with Crippen LogP contribution >= 0.6 is 0 Å². The van der Waals surface area contributed by atoms with E-state index >= 15 is 0 Å². The fourth-order valence-electron chi connectivity index (χ4n) is 2.84. The molecule has 20 heavy (non-hydrogen) atoms. The lowest BCUT2D eigenvalue weighted by Crippen LogP contribution is -2.44. The average molecular weight is 277 g/mol. The van der Waals surface area contributed by atoms with Crippen molar-refractivity contribution in [2.45, 2.75) is 31.0 Å². The number of benzene rings is 1. The SMILES string of the molecule is N#Cc1c(F)cccc1OC1CCOC2(CCOC2)C1. The fourth-order valence-corrected chi connectivity index (χ4v) is 2.84. The van der Waals surface area contributed by atoms with E-state index < -0.39 is 5.82 Å². The Kier molecular flexibility index (Phi) is 3.60. The number of hydrogen-bond donors (Lipinski definition) is 0. The van der Waals surface area contributed by atoms with Crippen molar-refractivity contribution in [3.8, 4) is 11.8 Å². The Balaban J connectivity index is 1.75. The minimum atomic E-state index is -0.545. The van der Waals surface area contributed by atoms with Crippen LogP contribution in [0.4, 0.5) is 4.39 Å². The lowest BCUT2D eigenvalue weighted by molar-refractivity contribution is -0.112. The van der Waals surface area contributed by atoms with Crippen molar-refractivity contribution in [1.29, 1.82) is 5.26 Å². The third-order valence-corrected chi connectivity index (χ3v) is 3.90. The zero-order valence-corrected chi connectivity index (χ0v) is 11.1. The highest BCUT2D eigenvalue weighted by atomic mass is 19.1. The normalized spacial score (nSPS) is 29.3. The Labute approximate surface area is 117 Å². The molecular formula is C15H16FNO3. The molecule has 2 aliphatic heterocycles. The highest BCUT2D eigenvalue weighted by molar-refractivity contribution is 5.43. The molecule has 2 heterocycles. The van der Waals surface area contributed by atoms with E-state index in [4.69, 9.17) is 19.5 Å². The molecule has 2 saturated heterocycles. The van der Waals surface area contributed by atoms with Gasteiger partial charge in [0.05, 0.1) is 18.8 Å². The number of rotatable bonds is 2. The van der Waals surface area contributed by atoms with E-state index in [1.165, 1.54) is 6.07 Å². The van der Waals surface area contributed by atoms with Gasteiger partial charge in [-0.25, -0.2) is 4.39 Å². The first-order valence-electron chi connectivity index (χ1n) is 6.79. The Morgan fingerprint density at radius 2 is 2.30 bits per heavy atom. The van der Waals surface area contributed by atoms with Crippen LogP contribution in [0.25, 0.3) is 0 Å². The van der Waals surface area contributed by atoms with Crippen molar-refractivity contribution >= 4 is 0 Å². The number of halogens is 1. The molecule has 0 saturated carbocycles. The molecule has 0 radical (unpaired) electrons. The summed E-state index contributed by atoms with van der Waals surface area (Å²) in [5, 5.41) is 9.02. The summed E-state index contributed by atoms with van der Waals surface area (Å²) in [5.74, 6) is -0.232. The van der Waals surface area contributed by atoms with Crippen molar-refractivity contribution in [2.24, 2.45) is 0 Å². The summed E-state index contributed by atoms with van der Waals surface area (Å²) in [6.45, 7) is 1.89. The highest BCUT2D eigenvalue weighted by Gasteiger charge is 2.42. The molecule has 3 rings (SSSR count). The molecule has 5 heteroatoms. The molecule has 2 unspecified atom stereocenters. The quantitative estimate of drug-likeness (QED) is 0.833. The predicted octanol–water partition coefficient (Wildman–Crippen LogP) is 2.41. The maximum Gasteiger partial charge on any atom is 0.144 e. The summed E-state index contributed by atoms with van der Waals surface area (Å²) in [5.41, 5.74) is -0.293. The molecule has 0 aliphatic carbocycles. The maximum atomic E-state index is 13.6. The monoisotopic (exact) mass is 277 g/mol. The van der Waals surface area contributed by atoms with Crippen LogP contribution in [0.5, 0.6) is 5.75 Å². The molecule has 0 bridgehead atoms. The van der Waals surface area contributed by atoms with Gasteiger partial charge in [0.2, 0.25) is 0 Å². The van der Waals surface area contributed by atoms with E-state index in [1.54, 1.807) is 12.1 Å². The topological polar surface area (TPSA) is 51.5 Å². The summed E-state index contributed by atoms with van der Waals surface area (Å²) in [6, 6.07) is 6.31. The fraction of sp³-hybridized carbons (Fsp3) is 0.533. The molecule has 2 atom stereocenters. The lowest BCUT2D eigenvalue weighted by atomic mass is 9.91. The van der Waals surface area contributed by atoms with E-state index in [2.05, 4.69) is 0 Å². The Hall–Kier alpha value is -1.64. The second-order valence-corrected chi connectivity index (χ2v) is 5.29. The standard InChI is InChI=1S/C15H16FNO3/c16-13-2-1-3-14(12(13)9-17)20-11-4-6-19-15(8-11)5-7-18-10-15/h1-3,11H,4-8,10H2. The van der Waals surface area contributed by atoms with Gasteiger partial charge in [0.25, 0.3) is 0 Å². The zero-order valence-electron chi connectivity index (χ0n) is 11.1. The molecule has 1 spiro atoms. The molecule has 2 fully saturated rings. The van der Waals surface area contributed by atoms with Gasteiger partial charge in [0.1, 0.15) is 29.3 Å². The highest BCUT2D eigenvalue weighted by Crippen LogP contribution is 2.35. The number of hydrogen-bond acceptors (Lipinski definition) is 4. The van der Waals surface area contributed by atoms with E-state index in [0.717, 1.165) is 12.8 Å². The van der Waals surface area contributed by atoms with Gasteiger partial charge in [-0.1, -0.05) is 6.07 Å². The third-order valence-electron chi connectivity index (χ3n) is 3.90. The Bertz CT molecular complexity index is 534. The number of ether oxygens (including phenoxy) is 3. The van der Waals surface area contributed by atoms with Crippen LogP contribution in [0.15, 0.2) is 18.2 Å². The maximum absolute atomic E-state index is 13.6. The van der Waals surface area contributed by atoms with Crippen LogP contribution in [0.2, 0.25) is 0 Å². The number of nitrogens with zero attached hydrogens (tertiary/aromatic N) is 1. The summed E-state index contributed by atoms with van der Waals surface area (Å²) >= 11 is 0. The van der Waals surface area contributed by atoms with Gasteiger partial charge in [-0.3, -0.25) is 0 Å². The van der Waals surface area contributed by atoms with Gasteiger partial charge in [-0.2, -0.15) is 5.26 Å². The van der Waals surface area contributed by atoms with Gasteiger partial charge >= 0.3 is 0 Å². The Morgan fingerprint density at radius 3 is 3.05 bits per heavy atom. The van der Waals surface area contributed by atoms with Crippen LogP contribution in [0.3, 0.4) is 0 Å². The zero-order chi connectivity index (χ0) is 14.0. The summed E-state index contributed by atoms with van der Waals surface area (Å²) in [4.78, 5) is 0. The van der Waals surface area contributed by atoms with E-state index in [-0.39, 0.29) is 17.3 Å². The van der Waals surface area contributed by atoms with Gasteiger partial charge < -0.3 is 14.2 Å². The van der Waals surface area contributed by atoms with E-state index in [1.807, 2.05) is 6.07 Å². The van der Waals surface area contributed by atoms with Crippen molar-refractivity contribution in [1.82, 2.24) is 0 Å². The predicted molar refractivity (Wildman–Crippen MR) is 68.9 cm³/mol. The summed E-state index contributed by atoms with van der Waals surface area (Å²) in [6.07, 6.45) is 2.25. The first kappa shape index (κ1) is 13.3. The van der Waals surface area contributed by atoms with E-state index in [0.29, 0.717) is 32.0 Å². The first-order chi connectivity index (χ1) is 9.72. The van der Waals surface area contributed by atoms with Crippen molar-refractivity contribution in [2.75, 3.05) is 19.8 Å². The minimum Gasteiger partial charge on any atom is -0.489 e. The average Bonchev–Trinajstić information content (AvgIpc) is 2.87. The van der Waals surface area contributed by atoms with Crippen molar-refractivity contribution in [3.63, 3.8) is 0 Å². The molecular weight excluding hydrogens is 261 g/mol. The van der Waals surface area contributed by atoms with Gasteiger partial charge in [-0.15, -0.1) is 0 Å². The second kappa shape index (κ2) is 5.39. The largest absolute Gasteiger partial charge is 0.489 e. The first-order valence-corrected chi connectivity index (χ1v) is 6.79. The van der Waals surface area contributed by atoms with Crippen LogP contribution < -0.4 is 4.74 Å². The van der Waals surface area contributed by atoms with Crippen LogP contribution in [-0.2, 0) is 9.47 Å². The molecule has 0 aromatic heterocycles. The number of nitriles is 1. The van der Waals surface area contributed by atoms with Gasteiger partial charge in [0.15, 0.2) is 0 Å². The van der Waals surface area contributed by atoms with Crippen LogP contribution in [0, 0.1) is 17.1 Å². The molecule has 0 amide bonds.